The molecule has 1 aromatic carbocycles. The van der Waals surface area contributed by atoms with Crippen molar-refractivity contribution < 1.29 is 19.6 Å². The minimum atomic E-state index is -0.810. The van der Waals surface area contributed by atoms with E-state index < -0.39 is 16.8 Å². The van der Waals surface area contributed by atoms with Gasteiger partial charge in [0.05, 0.1) is 10.8 Å². The average molecular weight is 320 g/mol. The number of amides is 1. The number of aryl methyl sites for hydroxylation is 1. The highest BCUT2D eigenvalue weighted by Gasteiger charge is 2.30. The number of nitro groups is 1. The Hall–Kier alpha value is -2.44. The summed E-state index contributed by atoms with van der Waals surface area (Å²) in [5.74, 6) is -1.63. The highest BCUT2D eigenvalue weighted by molar-refractivity contribution is 5.94. The number of nitro benzene ring substituents is 1. The van der Waals surface area contributed by atoms with Crippen molar-refractivity contribution in [1.29, 1.82) is 0 Å². The van der Waals surface area contributed by atoms with Crippen molar-refractivity contribution in [3.8, 4) is 0 Å². The second-order valence-electron chi connectivity index (χ2n) is 5.96. The Morgan fingerprint density at radius 3 is 2.65 bits per heavy atom. The molecule has 0 radical (unpaired) electrons. The summed E-state index contributed by atoms with van der Waals surface area (Å²) in [4.78, 5) is 33.7. The predicted octanol–water partition coefficient (Wildman–Crippen LogP) is 2.52. The zero-order chi connectivity index (χ0) is 17.0. The molecule has 0 unspecified atom stereocenters. The van der Waals surface area contributed by atoms with Crippen molar-refractivity contribution in [2.75, 3.05) is 6.54 Å². The summed E-state index contributed by atoms with van der Waals surface area (Å²) in [6.45, 7) is 1.89. The maximum absolute atomic E-state index is 12.2. The van der Waals surface area contributed by atoms with Crippen LogP contribution in [-0.4, -0.2) is 28.5 Å². The Morgan fingerprint density at radius 1 is 1.35 bits per heavy atom. The molecule has 1 aliphatic carbocycles. The van der Waals surface area contributed by atoms with Crippen molar-refractivity contribution in [2.45, 2.75) is 32.6 Å². The van der Waals surface area contributed by atoms with Crippen molar-refractivity contribution in [3.05, 3.63) is 39.4 Å². The van der Waals surface area contributed by atoms with Crippen LogP contribution >= 0.6 is 0 Å². The minimum absolute atomic E-state index is 0.0280. The quantitative estimate of drug-likeness (QED) is 0.640. The van der Waals surface area contributed by atoms with Gasteiger partial charge in [0, 0.05) is 23.7 Å². The average Bonchev–Trinajstić information content (AvgIpc) is 2.52. The van der Waals surface area contributed by atoms with E-state index in [4.69, 9.17) is 0 Å². The van der Waals surface area contributed by atoms with Crippen LogP contribution in [0.5, 0.6) is 0 Å². The van der Waals surface area contributed by atoms with Gasteiger partial charge in [0.2, 0.25) is 0 Å². The van der Waals surface area contributed by atoms with Gasteiger partial charge in [-0.15, -0.1) is 0 Å². The molecule has 1 aromatic rings. The monoisotopic (exact) mass is 320 g/mol. The summed E-state index contributed by atoms with van der Waals surface area (Å²) in [5.41, 5.74) is 0.735. The molecule has 0 aliphatic heterocycles. The third-order valence-electron chi connectivity index (χ3n) is 4.41. The van der Waals surface area contributed by atoms with E-state index in [0.717, 1.165) is 19.3 Å². The predicted molar refractivity (Wildman–Crippen MR) is 83.3 cm³/mol. The zero-order valence-corrected chi connectivity index (χ0v) is 12.9. The van der Waals surface area contributed by atoms with Crippen molar-refractivity contribution in [3.63, 3.8) is 0 Å². The Balaban J connectivity index is 2.00. The van der Waals surface area contributed by atoms with Crippen LogP contribution in [-0.2, 0) is 4.79 Å². The molecule has 1 amide bonds. The molecule has 1 aliphatic rings. The lowest BCUT2D eigenvalue weighted by atomic mass is 9.79. The van der Waals surface area contributed by atoms with E-state index in [-0.39, 0.29) is 17.5 Å². The van der Waals surface area contributed by atoms with Crippen LogP contribution in [0.15, 0.2) is 18.2 Å². The van der Waals surface area contributed by atoms with Crippen molar-refractivity contribution >= 4 is 17.6 Å². The topological polar surface area (TPSA) is 110 Å². The van der Waals surface area contributed by atoms with E-state index in [2.05, 4.69) is 5.32 Å². The second-order valence-corrected chi connectivity index (χ2v) is 5.96. The number of benzene rings is 1. The lowest BCUT2D eigenvalue weighted by molar-refractivity contribution is -0.385. The van der Waals surface area contributed by atoms with Gasteiger partial charge in [-0.1, -0.05) is 12.8 Å². The molecule has 1 saturated carbocycles. The van der Waals surface area contributed by atoms with Crippen LogP contribution in [0.4, 0.5) is 5.69 Å². The number of nitrogens with zero attached hydrogens (tertiary/aromatic N) is 1. The van der Waals surface area contributed by atoms with E-state index in [1.165, 1.54) is 18.2 Å². The molecule has 0 heterocycles. The van der Waals surface area contributed by atoms with Gasteiger partial charge in [-0.05, 0) is 37.8 Å². The molecule has 0 saturated heterocycles. The standard InChI is InChI=1S/C16H20N2O5/c1-10-8-11(6-7-14(10)18(22)23)15(19)17-9-12-4-2-3-5-13(12)16(20)21/h6-8,12-13H,2-5,9H2,1H3,(H,17,19)(H,20,21)/t12-,13-/m0/s1. The van der Waals surface area contributed by atoms with Gasteiger partial charge in [-0.3, -0.25) is 19.7 Å². The fourth-order valence-corrected chi connectivity index (χ4v) is 3.10. The molecular weight excluding hydrogens is 300 g/mol. The lowest BCUT2D eigenvalue weighted by Gasteiger charge is -2.28. The summed E-state index contributed by atoms with van der Waals surface area (Å²) in [6.07, 6.45) is 3.31. The van der Waals surface area contributed by atoms with Crippen LogP contribution in [0.25, 0.3) is 0 Å². The third kappa shape index (κ3) is 4.06. The molecule has 23 heavy (non-hydrogen) atoms. The molecule has 0 aromatic heterocycles. The number of hydrogen-bond acceptors (Lipinski definition) is 4. The van der Waals surface area contributed by atoms with Gasteiger partial charge in [-0.25, -0.2) is 0 Å². The highest BCUT2D eigenvalue weighted by Crippen LogP contribution is 2.29. The Kier molecular flexibility index (Phi) is 5.31. The number of hydrogen-bond donors (Lipinski definition) is 2. The molecule has 0 bridgehead atoms. The Labute approximate surface area is 133 Å². The molecule has 124 valence electrons. The van der Waals surface area contributed by atoms with Crippen molar-refractivity contribution in [2.24, 2.45) is 11.8 Å². The number of aliphatic carboxylic acids is 1. The number of carboxylic acids is 1. The van der Waals surface area contributed by atoms with E-state index >= 15 is 0 Å². The first-order valence-electron chi connectivity index (χ1n) is 7.66. The largest absolute Gasteiger partial charge is 0.481 e. The highest BCUT2D eigenvalue weighted by atomic mass is 16.6. The molecule has 7 nitrogen and oxygen atoms in total. The first-order chi connectivity index (χ1) is 10.9. The minimum Gasteiger partial charge on any atom is -0.481 e. The van der Waals surface area contributed by atoms with Crippen molar-refractivity contribution in [1.82, 2.24) is 5.32 Å². The Morgan fingerprint density at radius 2 is 2.04 bits per heavy atom. The van der Waals surface area contributed by atoms with Gasteiger partial charge in [-0.2, -0.15) is 0 Å². The van der Waals surface area contributed by atoms with E-state index in [0.29, 0.717) is 24.1 Å². The van der Waals surface area contributed by atoms with Gasteiger partial charge in [0.15, 0.2) is 0 Å². The van der Waals surface area contributed by atoms with E-state index in [9.17, 15) is 24.8 Å². The van der Waals surface area contributed by atoms with Gasteiger partial charge < -0.3 is 10.4 Å². The number of rotatable bonds is 5. The Bertz CT molecular complexity index is 629. The molecule has 2 atom stereocenters. The maximum Gasteiger partial charge on any atom is 0.306 e. The van der Waals surface area contributed by atoms with Gasteiger partial charge >= 0.3 is 5.97 Å². The third-order valence-corrected chi connectivity index (χ3v) is 4.41. The molecule has 7 heteroatoms. The summed E-state index contributed by atoms with van der Waals surface area (Å²) in [5, 5.41) is 22.8. The number of carbonyl (C=O) groups is 2. The first kappa shape index (κ1) is 16.9. The molecule has 2 rings (SSSR count). The molecule has 2 N–H and O–H groups in total. The molecule has 0 spiro atoms. The summed E-state index contributed by atoms with van der Waals surface area (Å²) < 4.78 is 0. The lowest BCUT2D eigenvalue weighted by Crippen LogP contribution is -2.37. The smallest absolute Gasteiger partial charge is 0.306 e. The van der Waals surface area contributed by atoms with Crippen LogP contribution in [0.3, 0.4) is 0 Å². The number of carbonyl (C=O) groups excluding carboxylic acids is 1. The summed E-state index contributed by atoms with van der Waals surface area (Å²) >= 11 is 0. The maximum atomic E-state index is 12.2. The van der Waals surface area contributed by atoms with E-state index in [1.54, 1.807) is 6.92 Å². The zero-order valence-electron chi connectivity index (χ0n) is 12.9. The normalized spacial score (nSPS) is 20.7. The summed E-state index contributed by atoms with van der Waals surface area (Å²) in [7, 11) is 0. The van der Waals surface area contributed by atoms with Gasteiger partial charge in [0.1, 0.15) is 0 Å². The van der Waals surface area contributed by atoms with Crippen LogP contribution < -0.4 is 5.32 Å². The number of nitrogens with one attached hydrogen (secondary N) is 1. The molecular formula is C16H20N2O5. The fraction of sp³-hybridized carbons (Fsp3) is 0.500. The first-order valence-corrected chi connectivity index (χ1v) is 7.66. The van der Waals surface area contributed by atoms with E-state index in [1.807, 2.05) is 0 Å². The van der Waals surface area contributed by atoms with Crippen LogP contribution in [0, 0.1) is 28.9 Å². The molecule has 1 fully saturated rings. The summed E-state index contributed by atoms with van der Waals surface area (Å²) in [6, 6.07) is 4.20. The van der Waals surface area contributed by atoms with Crippen LogP contribution in [0.2, 0.25) is 0 Å². The number of carboxylic acid groups (broad SMARTS) is 1. The van der Waals surface area contributed by atoms with Gasteiger partial charge in [0.25, 0.3) is 11.6 Å². The fourth-order valence-electron chi connectivity index (χ4n) is 3.10. The van der Waals surface area contributed by atoms with Crippen LogP contribution in [0.1, 0.15) is 41.6 Å². The SMILES string of the molecule is Cc1cc(C(=O)NC[C@@H]2CCCC[C@@H]2C(=O)O)ccc1[N+](=O)[O-]. The second kappa shape index (κ2) is 7.21.